The highest BCUT2D eigenvalue weighted by atomic mass is 16.5. The first kappa shape index (κ1) is 22.1. The molecule has 0 aliphatic carbocycles. The van der Waals surface area contributed by atoms with E-state index in [2.05, 4.69) is 10.5 Å². The van der Waals surface area contributed by atoms with Crippen LogP contribution in [0.5, 0.6) is 23.0 Å². The largest absolute Gasteiger partial charge is 0.497 e. The van der Waals surface area contributed by atoms with Crippen molar-refractivity contribution < 1.29 is 23.7 Å². The molecule has 0 bridgehead atoms. The second-order valence-electron chi connectivity index (χ2n) is 6.40. The standard InChI is InChI=1S/C22H28N2O5/c1-15-11-18(26-2)10-9-17(15)7-6-8-21(25)24-23-14-16-12-19(27-3)22(29-5)20(13-16)28-4/h9-14H,6-8H2,1-5H3,(H,24,25)/b23-14+. The fourth-order valence-corrected chi connectivity index (χ4v) is 2.93. The summed E-state index contributed by atoms with van der Waals surface area (Å²) in [6, 6.07) is 9.48. The van der Waals surface area contributed by atoms with Gasteiger partial charge in [-0.2, -0.15) is 5.10 Å². The van der Waals surface area contributed by atoms with Crippen LogP contribution in [0.4, 0.5) is 0 Å². The average Bonchev–Trinajstić information content (AvgIpc) is 2.73. The van der Waals surface area contributed by atoms with Gasteiger partial charge in [-0.25, -0.2) is 5.43 Å². The number of nitrogens with one attached hydrogen (secondary N) is 1. The summed E-state index contributed by atoms with van der Waals surface area (Å²) in [5.74, 6) is 2.25. The molecule has 2 aromatic carbocycles. The molecule has 0 radical (unpaired) electrons. The molecule has 0 atom stereocenters. The molecule has 2 aromatic rings. The number of ether oxygens (including phenoxy) is 4. The zero-order valence-corrected chi connectivity index (χ0v) is 17.6. The summed E-state index contributed by atoms with van der Waals surface area (Å²) in [6.07, 6.45) is 3.48. The predicted molar refractivity (Wildman–Crippen MR) is 113 cm³/mol. The number of rotatable bonds is 10. The minimum atomic E-state index is -0.139. The average molecular weight is 400 g/mol. The van der Waals surface area contributed by atoms with Crippen molar-refractivity contribution in [1.29, 1.82) is 0 Å². The Morgan fingerprint density at radius 3 is 2.24 bits per heavy atom. The maximum absolute atomic E-state index is 12.0. The normalized spacial score (nSPS) is 10.7. The molecule has 0 spiro atoms. The number of hydrogen-bond donors (Lipinski definition) is 1. The summed E-state index contributed by atoms with van der Waals surface area (Å²) in [6.45, 7) is 2.04. The highest BCUT2D eigenvalue weighted by Crippen LogP contribution is 2.37. The van der Waals surface area contributed by atoms with Gasteiger partial charge in [0.2, 0.25) is 11.7 Å². The van der Waals surface area contributed by atoms with Crippen LogP contribution in [0.15, 0.2) is 35.4 Å². The lowest BCUT2D eigenvalue weighted by Gasteiger charge is -2.12. The summed E-state index contributed by atoms with van der Waals surface area (Å²) in [4.78, 5) is 12.0. The van der Waals surface area contributed by atoms with Crippen LogP contribution in [0.3, 0.4) is 0 Å². The van der Waals surface area contributed by atoms with Crippen molar-refractivity contribution in [2.45, 2.75) is 26.2 Å². The van der Waals surface area contributed by atoms with Crippen molar-refractivity contribution in [3.05, 3.63) is 47.0 Å². The van der Waals surface area contributed by atoms with E-state index in [1.165, 1.54) is 11.8 Å². The molecule has 0 aliphatic rings. The van der Waals surface area contributed by atoms with E-state index in [9.17, 15) is 4.79 Å². The molecule has 7 heteroatoms. The Hall–Kier alpha value is -3.22. The second-order valence-corrected chi connectivity index (χ2v) is 6.40. The van der Waals surface area contributed by atoms with E-state index in [4.69, 9.17) is 18.9 Å². The van der Waals surface area contributed by atoms with Crippen LogP contribution in [-0.2, 0) is 11.2 Å². The maximum atomic E-state index is 12.0. The van der Waals surface area contributed by atoms with Gasteiger partial charge in [0.15, 0.2) is 11.5 Å². The summed E-state index contributed by atoms with van der Waals surface area (Å²) < 4.78 is 21.1. The molecule has 0 aromatic heterocycles. The van der Waals surface area contributed by atoms with Crippen molar-refractivity contribution in [1.82, 2.24) is 5.43 Å². The SMILES string of the molecule is COc1ccc(CCCC(=O)N/N=C/c2cc(OC)c(OC)c(OC)c2)c(C)c1. The maximum Gasteiger partial charge on any atom is 0.240 e. The van der Waals surface area contributed by atoms with E-state index in [1.807, 2.05) is 25.1 Å². The molecule has 1 N–H and O–H groups in total. The van der Waals surface area contributed by atoms with E-state index < -0.39 is 0 Å². The van der Waals surface area contributed by atoms with E-state index >= 15 is 0 Å². The lowest BCUT2D eigenvalue weighted by Crippen LogP contribution is -2.17. The number of benzene rings is 2. The van der Waals surface area contributed by atoms with Gasteiger partial charge in [-0.1, -0.05) is 6.07 Å². The number of aryl methyl sites for hydroxylation is 2. The first-order valence-corrected chi connectivity index (χ1v) is 9.27. The lowest BCUT2D eigenvalue weighted by atomic mass is 10.0. The zero-order chi connectivity index (χ0) is 21.2. The van der Waals surface area contributed by atoms with Gasteiger partial charge in [0.25, 0.3) is 0 Å². The van der Waals surface area contributed by atoms with Gasteiger partial charge in [0.05, 0.1) is 34.7 Å². The van der Waals surface area contributed by atoms with Gasteiger partial charge in [0, 0.05) is 12.0 Å². The van der Waals surface area contributed by atoms with Crippen LogP contribution in [0, 0.1) is 6.92 Å². The molecule has 0 unspecified atom stereocenters. The lowest BCUT2D eigenvalue weighted by molar-refractivity contribution is -0.121. The minimum Gasteiger partial charge on any atom is -0.497 e. The Bertz CT molecular complexity index is 839. The van der Waals surface area contributed by atoms with Crippen LogP contribution in [-0.4, -0.2) is 40.6 Å². The third-order valence-corrected chi connectivity index (χ3v) is 4.49. The number of nitrogens with zero attached hydrogens (tertiary/aromatic N) is 1. The van der Waals surface area contributed by atoms with Gasteiger partial charge in [-0.3, -0.25) is 4.79 Å². The molecule has 2 rings (SSSR count). The van der Waals surface area contributed by atoms with Gasteiger partial charge in [-0.05, 0) is 55.2 Å². The van der Waals surface area contributed by atoms with Crippen molar-refractivity contribution in [3.8, 4) is 23.0 Å². The number of hydrogen-bond acceptors (Lipinski definition) is 6. The molecule has 29 heavy (non-hydrogen) atoms. The van der Waals surface area contributed by atoms with Gasteiger partial charge in [0.1, 0.15) is 5.75 Å². The van der Waals surface area contributed by atoms with Crippen LogP contribution in [0.1, 0.15) is 29.5 Å². The molecule has 0 fully saturated rings. The minimum absolute atomic E-state index is 0.139. The quantitative estimate of drug-likeness (QED) is 0.488. The summed E-state index contributed by atoms with van der Waals surface area (Å²) in [7, 11) is 6.29. The third-order valence-electron chi connectivity index (χ3n) is 4.49. The predicted octanol–water partition coefficient (Wildman–Crippen LogP) is 3.50. The molecule has 156 valence electrons. The Kier molecular flexibility index (Phi) is 8.33. The Morgan fingerprint density at radius 2 is 1.69 bits per heavy atom. The van der Waals surface area contributed by atoms with Crippen molar-refractivity contribution in [2.24, 2.45) is 5.10 Å². The number of carbonyl (C=O) groups excluding carboxylic acids is 1. The van der Waals surface area contributed by atoms with E-state index in [1.54, 1.807) is 40.6 Å². The van der Waals surface area contributed by atoms with Crippen LogP contribution in [0.25, 0.3) is 0 Å². The van der Waals surface area contributed by atoms with Gasteiger partial charge in [-0.15, -0.1) is 0 Å². The van der Waals surface area contributed by atoms with E-state index in [-0.39, 0.29) is 5.91 Å². The van der Waals surface area contributed by atoms with Crippen molar-refractivity contribution >= 4 is 12.1 Å². The Labute approximate surface area is 171 Å². The second kappa shape index (κ2) is 10.9. The zero-order valence-electron chi connectivity index (χ0n) is 17.6. The summed E-state index contributed by atoms with van der Waals surface area (Å²) >= 11 is 0. The molecule has 0 aliphatic heterocycles. The highest BCUT2D eigenvalue weighted by molar-refractivity contribution is 5.84. The van der Waals surface area contributed by atoms with Crippen LogP contribution < -0.4 is 24.4 Å². The molecule has 1 amide bonds. The number of carbonyl (C=O) groups is 1. The molecular formula is C22H28N2O5. The number of amides is 1. The van der Waals surface area contributed by atoms with Crippen LogP contribution in [0.2, 0.25) is 0 Å². The van der Waals surface area contributed by atoms with E-state index in [0.29, 0.717) is 29.2 Å². The highest BCUT2D eigenvalue weighted by Gasteiger charge is 2.12. The molecule has 7 nitrogen and oxygen atoms in total. The number of methoxy groups -OCH3 is 4. The first-order valence-electron chi connectivity index (χ1n) is 9.27. The smallest absolute Gasteiger partial charge is 0.240 e. The molecule has 0 saturated carbocycles. The monoisotopic (exact) mass is 400 g/mol. The van der Waals surface area contributed by atoms with Crippen LogP contribution >= 0.6 is 0 Å². The van der Waals surface area contributed by atoms with Crippen molar-refractivity contribution in [3.63, 3.8) is 0 Å². The molecular weight excluding hydrogens is 372 g/mol. The topological polar surface area (TPSA) is 78.4 Å². The third kappa shape index (κ3) is 6.14. The number of hydrazone groups is 1. The molecule has 0 saturated heterocycles. The van der Waals surface area contributed by atoms with Gasteiger partial charge >= 0.3 is 0 Å². The van der Waals surface area contributed by atoms with Crippen molar-refractivity contribution in [2.75, 3.05) is 28.4 Å². The summed E-state index contributed by atoms with van der Waals surface area (Å²) in [5, 5.41) is 4.02. The molecule has 0 heterocycles. The van der Waals surface area contributed by atoms with E-state index in [0.717, 1.165) is 24.2 Å². The fraction of sp³-hybridized carbons (Fsp3) is 0.364. The fourth-order valence-electron chi connectivity index (χ4n) is 2.93. The van der Waals surface area contributed by atoms with Gasteiger partial charge < -0.3 is 18.9 Å². The summed E-state index contributed by atoms with van der Waals surface area (Å²) in [5.41, 5.74) is 5.63. The Morgan fingerprint density at radius 1 is 1.00 bits per heavy atom. The first-order chi connectivity index (χ1) is 14.0. The Balaban J connectivity index is 1.88.